The van der Waals surface area contributed by atoms with Crippen LogP contribution in [0.1, 0.15) is 57.8 Å². The fourth-order valence-electron chi connectivity index (χ4n) is 6.19. The van der Waals surface area contributed by atoms with Gasteiger partial charge in [-0.05, 0) is 77.1 Å². The topological polar surface area (TPSA) is 75.7 Å². The summed E-state index contributed by atoms with van der Waals surface area (Å²) in [5.41, 5.74) is 3.22. The molecule has 3 aromatic rings. The quantitative estimate of drug-likeness (QED) is 0.362. The third-order valence-corrected chi connectivity index (χ3v) is 8.90. The van der Waals surface area contributed by atoms with Gasteiger partial charge in [0.2, 0.25) is 11.8 Å². The number of fused-ring (bicyclic) bond motifs is 1. The summed E-state index contributed by atoms with van der Waals surface area (Å²) in [6, 6.07) is 20.6. The second kappa shape index (κ2) is 10.6. The van der Waals surface area contributed by atoms with Crippen molar-refractivity contribution in [2.75, 3.05) is 13.7 Å². The number of carbonyl (C=O) groups is 3. The molecule has 9 heteroatoms. The number of nitrogens with zero attached hydrogens (tertiary/aromatic N) is 1. The minimum absolute atomic E-state index is 0.0256. The largest absolute Gasteiger partial charge is 0.465 e. The number of rotatable bonds is 7. The Labute approximate surface area is 241 Å². The number of amides is 2. The Morgan fingerprint density at radius 3 is 2.45 bits per heavy atom. The van der Waals surface area contributed by atoms with Crippen LogP contribution >= 0.6 is 0 Å². The number of carbonyl (C=O) groups excluding carboxylic acids is 3. The van der Waals surface area contributed by atoms with Crippen molar-refractivity contribution >= 4 is 17.8 Å². The molecule has 6 rings (SSSR count). The molecule has 1 N–H and O–H groups in total. The summed E-state index contributed by atoms with van der Waals surface area (Å²) < 4.78 is 46.3. The molecule has 3 aromatic carbocycles. The Morgan fingerprint density at radius 2 is 1.76 bits per heavy atom. The molecule has 218 valence electrons. The molecule has 0 radical (unpaired) electrons. The van der Waals surface area contributed by atoms with Crippen LogP contribution in [0.4, 0.5) is 13.2 Å². The van der Waals surface area contributed by atoms with E-state index in [1.807, 2.05) is 48.5 Å². The molecule has 2 amide bonds. The Bertz CT molecular complexity index is 1550. The Morgan fingerprint density at radius 1 is 1.00 bits per heavy atom. The molecule has 2 saturated carbocycles. The molecule has 6 nitrogen and oxygen atoms in total. The van der Waals surface area contributed by atoms with Crippen molar-refractivity contribution in [2.24, 2.45) is 11.3 Å². The second-order valence-electron chi connectivity index (χ2n) is 11.4. The van der Waals surface area contributed by atoms with Gasteiger partial charge in [-0.25, -0.2) is 4.79 Å². The molecule has 1 heterocycles. The van der Waals surface area contributed by atoms with E-state index in [1.54, 1.807) is 18.2 Å². The van der Waals surface area contributed by atoms with Crippen molar-refractivity contribution < 1.29 is 32.3 Å². The van der Waals surface area contributed by atoms with Crippen molar-refractivity contribution in [3.05, 3.63) is 94.5 Å². The molecule has 2 fully saturated rings. The van der Waals surface area contributed by atoms with Gasteiger partial charge in [0, 0.05) is 25.6 Å². The second-order valence-corrected chi connectivity index (χ2v) is 11.4. The lowest BCUT2D eigenvalue weighted by molar-refractivity contribution is -0.199. The fraction of sp³-hybridized carbons (Fsp3) is 0.364. The highest BCUT2D eigenvalue weighted by Crippen LogP contribution is 2.59. The van der Waals surface area contributed by atoms with Gasteiger partial charge in [-0.15, -0.1) is 0 Å². The first-order valence-corrected chi connectivity index (χ1v) is 14.1. The number of methoxy groups -OCH3 is 1. The number of benzene rings is 3. The molecule has 1 aliphatic heterocycles. The predicted molar refractivity (Wildman–Crippen MR) is 149 cm³/mol. The normalized spacial score (nSPS) is 20.3. The predicted octanol–water partition coefficient (Wildman–Crippen LogP) is 5.79. The zero-order valence-corrected chi connectivity index (χ0v) is 23.2. The van der Waals surface area contributed by atoms with Crippen molar-refractivity contribution in [1.82, 2.24) is 10.2 Å². The van der Waals surface area contributed by atoms with Crippen LogP contribution in [-0.4, -0.2) is 42.5 Å². The average Bonchev–Trinajstić information content (AvgIpc) is 3.93. The third-order valence-electron chi connectivity index (χ3n) is 8.90. The first-order valence-electron chi connectivity index (χ1n) is 14.1. The zero-order valence-electron chi connectivity index (χ0n) is 23.2. The van der Waals surface area contributed by atoms with Gasteiger partial charge in [-0.3, -0.25) is 9.59 Å². The summed E-state index contributed by atoms with van der Waals surface area (Å²) in [7, 11) is 1.31. The van der Waals surface area contributed by atoms with E-state index in [0.717, 1.165) is 39.8 Å². The van der Waals surface area contributed by atoms with Crippen LogP contribution in [0.15, 0.2) is 66.7 Å². The molecule has 0 spiro atoms. The van der Waals surface area contributed by atoms with E-state index < -0.39 is 23.5 Å². The summed E-state index contributed by atoms with van der Waals surface area (Å²) >= 11 is 0. The number of hydrogen-bond donors (Lipinski definition) is 1. The summed E-state index contributed by atoms with van der Waals surface area (Å²) in [5, 5.41) is 3.03. The lowest BCUT2D eigenvalue weighted by Crippen LogP contribution is -2.46. The zero-order chi connectivity index (χ0) is 29.6. The molecule has 42 heavy (non-hydrogen) atoms. The average molecular weight is 577 g/mol. The fourth-order valence-corrected chi connectivity index (χ4v) is 6.19. The lowest BCUT2D eigenvalue weighted by atomic mass is 9.86. The highest BCUT2D eigenvalue weighted by Gasteiger charge is 2.69. The molecular weight excluding hydrogens is 545 g/mol. The molecule has 0 bridgehead atoms. The number of halogens is 3. The number of alkyl halides is 3. The SMILES string of the molecule is COC(=O)c1cccc(-c2ccc(CNC(=O)[C@H]3C[C@@H]3c3ccccc3)c3c2CCN(C(=O)C2(C(F)(F)F)CC2)C3)c1. The highest BCUT2D eigenvalue weighted by atomic mass is 19.4. The molecule has 2 atom stereocenters. The van der Waals surface area contributed by atoms with E-state index in [1.165, 1.54) is 12.0 Å². The van der Waals surface area contributed by atoms with Crippen molar-refractivity contribution in [2.45, 2.75) is 50.9 Å². The Kier molecular flexibility index (Phi) is 7.07. The number of esters is 1. The van der Waals surface area contributed by atoms with E-state index in [4.69, 9.17) is 4.74 Å². The molecule has 0 saturated heterocycles. The van der Waals surface area contributed by atoms with Crippen molar-refractivity contribution in [3.63, 3.8) is 0 Å². The van der Waals surface area contributed by atoms with Gasteiger partial charge in [0.25, 0.3) is 0 Å². The van der Waals surface area contributed by atoms with E-state index in [-0.39, 0.29) is 50.2 Å². The van der Waals surface area contributed by atoms with Crippen molar-refractivity contribution in [1.29, 1.82) is 0 Å². The van der Waals surface area contributed by atoms with Crippen molar-refractivity contribution in [3.8, 4) is 11.1 Å². The smallest absolute Gasteiger partial charge is 0.403 e. The van der Waals surface area contributed by atoms with Gasteiger partial charge < -0.3 is 15.0 Å². The van der Waals surface area contributed by atoms with E-state index in [2.05, 4.69) is 5.32 Å². The van der Waals surface area contributed by atoms with Gasteiger partial charge in [-0.2, -0.15) is 13.2 Å². The first-order chi connectivity index (χ1) is 20.1. The van der Waals surface area contributed by atoms with Gasteiger partial charge in [0.15, 0.2) is 0 Å². The van der Waals surface area contributed by atoms with Crippen LogP contribution in [-0.2, 0) is 33.8 Å². The van der Waals surface area contributed by atoms with Gasteiger partial charge in [0.05, 0.1) is 12.7 Å². The molecule has 3 aliphatic rings. The summed E-state index contributed by atoms with van der Waals surface area (Å²) in [5.74, 6) is -1.36. The Hall–Kier alpha value is -4.14. The van der Waals surface area contributed by atoms with E-state index >= 15 is 0 Å². The van der Waals surface area contributed by atoms with Crippen LogP contribution < -0.4 is 5.32 Å². The summed E-state index contributed by atoms with van der Waals surface area (Å²) in [6.45, 7) is 0.385. The monoisotopic (exact) mass is 576 g/mol. The maximum Gasteiger partial charge on any atom is 0.403 e. The minimum atomic E-state index is -4.59. The van der Waals surface area contributed by atoms with E-state index in [0.29, 0.717) is 12.0 Å². The summed E-state index contributed by atoms with van der Waals surface area (Å²) in [6.07, 6.45) is -3.84. The third kappa shape index (κ3) is 5.05. The van der Waals surface area contributed by atoms with Gasteiger partial charge in [-0.1, -0.05) is 54.6 Å². The van der Waals surface area contributed by atoms with Gasteiger partial charge >= 0.3 is 12.1 Å². The summed E-state index contributed by atoms with van der Waals surface area (Å²) in [4.78, 5) is 39.7. The van der Waals surface area contributed by atoms with E-state index in [9.17, 15) is 27.6 Å². The molecule has 2 aliphatic carbocycles. The Balaban J connectivity index is 1.28. The number of nitrogens with one attached hydrogen (secondary N) is 1. The molecular formula is C33H31F3N2O4. The molecule has 0 unspecified atom stereocenters. The van der Waals surface area contributed by atoms with Crippen LogP contribution in [0, 0.1) is 11.3 Å². The maximum absolute atomic E-state index is 13.8. The van der Waals surface area contributed by atoms with Crippen LogP contribution in [0.3, 0.4) is 0 Å². The minimum Gasteiger partial charge on any atom is -0.465 e. The van der Waals surface area contributed by atoms with Crippen LogP contribution in [0.2, 0.25) is 0 Å². The first kappa shape index (κ1) is 28.0. The molecule has 0 aromatic heterocycles. The van der Waals surface area contributed by atoms with Crippen LogP contribution in [0.25, 0.3) is 11.1 Å². The number of ether oxygens (including phenoxy) is 1. The lowest BCUT2D eigenvalue weighted by Gasteiger charge is -2.35. The standard InChI is InChI=1S/C33H31F3N2O4/c1-42-30(40)22-9-5-8-21(16-22)24-11-10-23(18-37-29(39)27-17-26(27)20-6-3-2-4-7-20)28-19-38(15-12-25(24)28)31(41)32(13-14-32)33(34,35)36/h2-11,16,26-27H,12-15,17-19H2,1H3,(H,37,39)/t26-,27+/m1/s1. The van der Waals surface area contributed by atoms with Crippen LogP contribution in [0.5, 0.6) is 0 Å². The number of hydrogen-bond acceptors (Lipinski definition) is 4. The van der Waals surface area contributed by atoms with Gasteiger partial charge in [0.1, 0.15) is 5.41 Å². The maximum atomic E-state index is 13.8. The highest BCUT2D eigenvalue weighted by molar-refractivity contribution is 5.91.